The lowest BCUT2D eigenvalue weighted by molar-refractivity contribution is 0.0265. The summed E-state index contributed by atoms with van der Waals surface area (Å²) in [5.74, 6) is 0.985. The average molecular weight is 316 g/mol. The second-order valence-electron chi connectivity index (χ2n) is 5.31. The molecule has 2 heterocycles. The van der Waals surface area contributed by atoms with E-state index in [9.17, 15) is 8.42 Å². The molecule has 1 aromatic heterocycles. The van der Waals surface area contributed by atoms with Crippen LogP contribution in [0.2, 0.25) is 0 Å². The SMILES string of the molecule is CCOC1CCCN(S(=O)(=O)c2c(C)oc(C)c2CN)C1. The van der Waals surface area contributed by atoms with E-state index in [-0.39, 0.29) is 17.5 Å². The Balaban J connectivity index is 2.34. The summed E-state index contributed by atoms with van der Waals surface area (Å²) < 4.78 is 38.4. The van der Waals surface area contributed by atoms with Crippen molar-refractivity contribution in [2.45, 2.75) is 51.2 Å². The lowest BCUT2D eigenvalue weighted by atomic mass is 10.1. The number of nitrogens with two attached hydrogens (primary N) is 1. The standard InChI is InChI=1S/C14H24N2O4S/c1-4-19-12-6-5-7-16(9-12)21(17,18)14-11(3)20-10(2)13(14)8-15/h12H,4-9,15H2,1-3H3. The molecule has 0 bridgehead atoms. The molecule has 1 aliphatic heterocycles. The lowest BCUT2D eigenvalue weighted by Gasteiger charge is -2.31. The first-order chi connectivity index (χ1) is 9.91. The third-order valence-corrected chi connectivity index (χ3v) is 5.93. The van der Waals surface area contributed by atoms with E-state index in [0.717, 1.165) is 12.8 Å². The van der Waals surface area contributed by atoms with Crippen LogP contribution in [0.1, 0.15) is 36.8 Å². The maximum atomic E-state index is 12.9. The van der Waals surface area contributed by atoms with Crippen LogP contribution in [-0.2, 0) is 21.3 Å². The molecular weight excluding hydrogens is 292 g/mol. The Morgan fingerprint density at radius 1 is 1.38 bits per heavy atom. The van der Waals surface area contributed by atoms with E-state index in [4.69, 9.17) is 14.9 Å². The van der Waals surface area contributed by atoms with Crippen LogP contribution in [0.25, 0.3) is 0 Å². The molecular formula is C14H24N2O4S. The zero-order valence-corrected chi connectivity index (χ0v) is 13.7. The van der Waals surface area contributed by atoms with Gasteiger partial charge in [0.15, 0.2) is 0 Å². The van der Waals surface area contributed by atoms with E-state index in [0.29, 0.717) is 36.8 Å². The minimum atomic E-state index is -3.59. The van der Waals surface area contributed by atoms with Crippen LogP contribution in [0.5, 0.6) is 0 Å². The molecule has 120 valence electrons. The summed E-state index contributed by atoms with van der Waals surface area (Å²) in [6.07, 6.45) is 1.67. The van der Waals surface area contributed by atoms with E-state index in [1.807, 2.05) is 6.92 Å². The summed E-state index contributed by atoms with van der Waals surface area (Å²) in [4.78, 5) is 0.236. The van der Waals surface area contributed by atoms with Gasteiger partial charge in [0.2, 0.25) is 10.0 Å². The first-order valence-corrected chi connectivity index (χ1v) is 8.76. The average Bonchev–Trinajstić information content (AvgIpc) is 2.74. The van der Waals surface area contributed by atoms with Crippen molar-refractivity contribution < 1.29 is 17.6 Å². The molecule has 2 N–H and O–H groups in total. The first-order valence-electron chi connectivity index (χ1n) is 7.32. The van der Waals surface area contributed by atoms with Gasteiger partial charge in [-0.2, -0.15) is 4.31 Å². The fourth-order valence-corrected chi connectivity index (χ4v) is 4.84. The number of aryl methyl sites for hydroxylation is 2. The van der Waals surface area contributed by atoms with Gasteiger partial charge in [-0.1, -0.05) is 0 Å². The molecule has 0 aliphatic carbocycles. The number of piperidine rings is 1. The molecule has 7 heteroatoms. The summed E-state index contributed by atoms with van der Waals surface area (Å²) >= 11 is 0. The maximum Gasteiger partial charge on any atom is 0.246 e. The van der Waals surface area contributed by atoms with Gasteiger partial charge in [0.25, 0.3) is 0 Å². The van der Waals surface area contributed by atoms with Crippen LogP contribution in [0.3, 0.4) is 0 Å². The normalized spacial score (nSPS) is 20.9. The van der Waals surface area contributed by atoms with Gasteiger partial charge in [-0.3, -0.25) is 0 Å². The van der Waals surface area contributed by atoms with Gasteiger partial charge in [-0.05, 0) is 33.6 Å². The predicted octanol–water partition coefficient (Wildman–Crippen LogP) is 1.54. The molecule has 0 amide bonds. The van der Waals surface area contributed by atoms with Gasteiger partial charge in [0, 0.05) is 31.8 Å². The number of hydrogen-bond acceptors (Lipinski definition) is 5. The largest absolute Gasteiger partial charge is 0.465 e. The van der Waals surface area contributed by atoms with E-state index in [2.05, 4.69) is 0 Å². The second-order valence-corrected chi connectivity index (χ2v) is 7.18. The highest BCUT2D eigenvalue weighted by Crippen LogP contribution is 2.30. The summed E-state index contributed by atoms with van der Waals surface area (Å²) in [5.41, 5.74) is 6.27. The molecule has 1 saturated heterocycles. The number of nitrogens with zero attached hydrogens (tertiary/aromatic N) is 1. The van der Waals surface area contributed by atoms with E-state index in [1.54, 1.807) is 13.8 Å². The Morgan fingerprint density at radius 3 is 2.71 bits per heavy atom. The minimum absolute atomic E-state index is 0.0341. The number of ether oxygens (including phenoxy) is 1. The quantitative estimate of drug-likeness (QED) is 0.890. The summed E-state index contributed by atoms with van der Waals surface area (Å²) in [5, 5.41) is 0. The van der Waals surface area contributed by atoms with Crippen molar-refractivity contribution in [1.29, 1.82) is 0 Å². The number of furan rings is 1. The molecule has 0 saturated carbocycles. The monoisotopic (exact) mass is 316 g/mol. The Labute approximate surface area is 126 Å². The van der Waals surface area contributed by atoms with Crippen molar-refractivity contribution in [2.75, 3.05) is 19.7 Å². The molecule has 1 aliphatic rings. The summed E-state index contributed by atoms with van der Waals surface area (Å²) in [7, 11) is -3.59. The van der Waals surface area contributed by atoms with Gasteiger partial charge < -0.3 is 14.9 Å². The lowest BCUT2D eigenvalue weighted by Crippen LogP contribution is -2.43. The van der Waals surface area contributed by atoms with Crippen molar-refractivity contribution in [3.8, 4) is 0 Å². The molecule has 21 heavy (non-hydrogen) atoms. The summed E-state index contributed by atoms with van der Waals surface area (Å²) in [6, 6.07) is 0. The number of rotatable bonds is 5. The van der Waals surface area contributed by atoms with Crippen LogP contribution < -0.4 is 5.73 Å². The fourth-order valence-electron chi connectivity index (χ4n) is 2.91. The molecule has 0 radical (unpaired) electrons. The molecule has 1 fully saturated rings. The topological polar surface area (TPSA) is 85.8 Å². The molecule has 6 nitrogen and oxygen atoms in total. The van der Waals surface area contributed by atoms with E-state index < -0.39 is 10.0 Å². The molecule has 0 spiro atoms. The van der Waals surface area contributed by atoms with Crippen LogP contribution in [-0.4, -0.2) is 38.5 Å². The van der Waals surface area contributed by atoms with Gasteiger partial charge in [-0.15, -0.1) is 0 Å². The van der Waals surface area contributed by atoms with Crippen molar-refractivity contribution in [3.63, 3.8) is 0 Å². The minimum Gasteiger partial charge on any atom is -0.465 e. The van der Waals surface area contributed by atoms with Crippen LogP contribution in [0, 0.1) is 13.8 Å². The smallest absolute Gasteiger partial charge is 0.246 e. The van der Waals surface area contributed by atoms with Crippen molar-refractivity contribution in [3.05, 3.63) is 17.1 Å². The van der Waals surface area contributed by atoms with Gasteiger partial charge in [0.1, 0.15) is 16.4 Å². The number of hydrogen-bond donors (Lipinski definition) is 1. The van der Waals surface area contributed by atoms with Crippen molar-refractivity contribution in [2.24, 2.45) is 5.73 Å². The maximum absolute atomic E-state index is 12.9. The van der Waals surface area contributed by atoms with Crippen LogP contribution in [0.15, 0.2) is 9.31 Å². The Morgan fingerprint density at radius 2 is 2.10 bits per heavy atom. The highest BCUT2D eigenvalue weighted by molar-refractivity contribution is 7.89. The fraction of sp³-hybridized carbons (Fsp3) is 0.714. The highest BCUT2D eigenvalue weighted by Gasteiger charge is 2.35. The zero-order valence-electron chi connectivity index (χ0n) is 12.9. The third-order valence-electron chi connectivity index (χ3n) is 3.87. The molecule has 1 aromatic rings. The van der Waals surface area contributed by atoms with Gasteiger partial charge in [0.05, 0.1) is 6.10 Å². The van der Waals surface area contributed by atoms with Crippen molar-refractivity contribution >= 4 is 10.0 Å². The third kappa shape index (κ3) is 3.15. The van der Waals surface area contributed by atoms with Gasteiger partial charge >= 0.3 is 0 Å². The first kappa shape index (κ1) is 16.5. The molecule has 0 aromatic carbocycles. The highest BCUT2D eigenvalue weighted by atomic mass is 32.2. The molecule has 1 unspecified atom stereocenters. The Bertz CT molecular complexity index is 592. The van der Waals surface area contributed by atoms with Gasteiger partial charge in [-0.25, -0.2) is 8.42 Å². The zero-order chi connectivity index (χ0) is 15.6. The Kier molecular flexibility index (Phi) is 5.08. The van der Waals surface area contributed by atoms with Crippen LogP contribution in [0.4, 0.5) is 0 Å². The number of sulfonamides is 1. The second kappa shape index (κ2) is 6.48. The molecule has 2 rings (SSSR count). The van der Waals surface area contributed by atoms with Crippen molar-refractivity contribution in [1.82, 2.24) is 4.31 Å². The van der Waals surface area contributed by atoms with Crippen LogP contribution >= 0.6 is 0 Å². The predicted molar refractivity (Wildman–Crippen MR) is 79.5 cm³/mol. The van der Waals surface area contributed by atoms with E-state index >= 15 is 0 Å². The Hall–Kier alpha value is -0.890. The van der Waals surface area contributed by atoms with E-state index in [1.165, 1.54) is 4.31 Å². The summed E-state index contributed by atoms with van der Waals surface area (Å²) in [6.45, 7) is 6.99. The molecule has 1 atom stereocenters.